The fourth-order valence-corrected chi connectivity index (χ4v) is 5.01. The second kappa shape index (κ2) is 9.48. The summed E-state index contributed by atoms with van der Waals surface area (Å²) in [5.41, 5.74) is 2.35. The van der Waals surface area contributed by atoms with Gasteiger partial charge in [0.15, 0.2) is 0 Å². The molecule has 1 aromatic carbocycles. The Hall–Kier alpha value is -3.62. The Bertz CT molecular complexity index is 1100. The maximum Gasteiger partial charge on any atom is 0.253 e. The number of tetrazole rings is 1. The smallest absolute Gasteiger partial charge is 0.253 e. The zero-order chi connectivity index (χ0) is 22.6. The molecule has 0 aliphatic carbocycles. The first kappa shape index (κ1) is 21.2. The highest BCUT2D eigenvalue weighted by molar-refractivity contribution is 5.95. The van der Waals surface area contributed by atoms with Gasteiger partial charge in [-0.05, 0) is 71.4 Å². The summed E-state index contributed by atoms with van der Waals surface area (Å²) in [4.78, 5) is 34.1. The van der Waals surface area contributed by atoms with Crippen LogP contribution in [0.25, 0.3) is 5.69 Å². The quantitative estimate of drug-likeness (QED) is 0.596. The normalized spacial score (nSPS) is 20.7. The van der Waals surface area contributed by atoms with Crippen LogP contribution in [0.5, 0.6) is 0 Å². The van der Waals surface area contributed by atoms with E-state index in [1.807, 2.05) is 46.2 Å². The van der Waals surface area contributed by atoms with Crippen LogP contribution in [0.15, 0.2) is 55.1 Å². The molecule has 0 N–H and O–H groups in total. The average Bonchev–Trinajstić information content (AvgIpc) is 3.57. The van der Waals surface area contributed by atoms with Crippen molar-refractivity contribution in [3.05, 3.63) is 66.2 Å². The Morgan fingerprint density at radius 1 is 1.00 bits per heavy atom. The molecule has 4 heterocycles. The highest BCUT2D eigenvalue weighted by Gasteiger charge is 2.35. The van der Waals surface area contributed by atoms with Gasteiger partial charge in [0.05, 0.1) is 12.1 Å². The first-order chi connectivity index (χ1) is 16.2. The molecule has 33 heavy (non-hydrogen) atoms. The van der Waals surface area contributed by atoms with Crippen LogP contribution in [-0.4, -0.2) is 73.0 Å². The SMILES string of the molecule is O=C(Cc1cccnc1)N1CCCC(C2CCN(C(=O)c3cccc(-n4cnnn4)c3)C2)C1. The average molecular weight is 446 g/mol. The number of amides is 2. The number of rotatable bonds is 5. The van der Waals surface area contributed by atoms with Crippen molar-refractivity contribution in [2.24, 2.45) is 11.8 Å². The first-order valence-electron chi connectivity index (χ1n) is 11.5. The van der Waals surface area contributed by atoms with Gasteiger partial charge >= 0.3 is 0 Å². The Morgan fingerprint density at radius 2 is 1.88 bits per heavy atom. The lowest BCUT2D eigenvalue weighted by atomic mass is 9.84. The summed E-state index contributed by atoms with van der Waals surface area (Å²) in [7, 11) is 0. The number of benzene rings is 1. The number of hydrogen-bond acceptors (Lipinski definition) is 6. The predicted molar refractivity (Wildman–Crippen MR) is 120 cm³/mol. The third-order valence-corrected chi connectivity index (χ3v) is 6.77. The molecule has 0 saturated carbocycles. The summed E-state index contributed by atoms with van der Waals surface area (Å²) in [6.07, 6.45) is 8.50. The van der Waals surface area contributed by atoms with Gasteiger partial charge in [0.1, 0.15) is 6.33 Å². The van der Waals surface area contributed by atoms with Crippen molar-refractivity contribution in [2.45, 2.75) is 25.7 Å². The van der Waals surface area contributed by atoms with E-state index in [-0.39, 0.29) is 11.8 Å². The van der Waals surface area contributed by atoms with Gasteiger partial charge in [-0.3, -0.25) is 14.6 Å². The van der Waals surface area contributed by atoms with E-state index in [1.54, 1.807) is 17.1 Å². The molecule has 2 aliphatic heterocycles. The fraction of sp³-hybridized carbons (Fsp3) is 0.417. The number of piperidine rings is 1. The molecule has 0 bridgehead atoms. The summed E-state index contributed by atoms with van der Waals surface area (Å²) in [5, 5.41) is 11.2. The standard InChI is InChI=1S/C24H27N7O2/c32-23(12-18-4-2-9-25-14-18)29-10-3-6-20(15-29)21-8-11-30(16-21)24(33)19-5-1-7-22(13-19)31-17-26-27-28-31/h1-2,4-5,7,9,13-14,17,20-21H,3,6,8,10-12,15-16H2. The van der Waals surface area contributed by atoms with E-state index in [0.717, 1.165) is 56.7 Å². The van der Waals surface area contributed by atoms with Crippen LogP contribution in [0.2, 0.25) is 0 Å². The Labute approximate surface area is 192 Å². The zero-order valence-corrected chi connectivity index (χ0v) is 18.5. The molecule has 5 rings (SSSR count). The molecule has 2 aromatic heterocycles. The van der Waals surface area contributed by atoms with Gasteiger partial charge in [0.2, 0.25) is 5.91 Å². The summed E-state index contributed by atoms with van der Waals surface area (Å²) in [6, 6.07) is 11.2. The molecule has 170 valence electrons. The minimum Gasteiger partial charge on any atom is -0.342 e. The first-order valence-corrected chi connectivity index (χ1v) is 11.5. The van der Waals surface area contributed by atoms with Crippen molar-refractivity contribution in [2.75, 3.05) is 26.2 Å². The highest BCUT2D eigenvalue weighted by Crippen LogP contribution is 2.32. The van der Waals surface area contributed by atoms with E-state index in [1.165, 1.54) is 6.33 Å². The molecule has 2 fully saturated rings. The van der Waals surface area contributed by atoms with Crippen molar-refractivity contribution in [1.82, 2.24) is 35.0 Å². The van der Waals surface area contributed by atoms with Gasteiger partial charge in [-0.2, -0.15) is 0 Å². The van der Waals surface area contributed by atoms with Gasteiger partial charge in [-0.15, -0.1) is 5.10 Å². The maximum absolute atomic E-state index is 13.2. The van der Waals surface area contributed by atoms with E-state index in [9.17, 15) is 9.59 Å². The molecule has 2 saturated heterocycles. The molecule has 0 spiro atoms. The minimum absolute atomic E-state index is 0.0349. The van der Waals surface area contributed by atoms with E-state index >= 15 is 0 Å². The molecule has 2 unspecified atom stereocenters. The number of aromatic nitrogens is 5. The van der Waals surface area contributed by atoms with Crippen LogP contribution in [0.3, 0.4) is 0 Å². The molecule has 3 aromatic rings. The monoisotopic (exact) mass is 445 g/mol. The lowest BCUT2D eigenvalue weighted by Gasteiger charge is -2.36. The van der Waals surface area contributed by atoms with E-state index < -0.39 is 0 Å². The number of nitrogens with zero attached hydrogens (tertiary/aromatic N) is 7. The van der Waals surface area contributed by atoms with Crippen LogP contribution >= 0.6 is 0 Å². The molecule has 2 aliphatic rings. The van der Waals surface area contributed by atoms with Gasteiger partial charge < -0.3 is 9.80 Å². The second-order valence-electron chi connectivity index (χ2n) is 8.88. The molecular formula is C24H27N7O2. The van der Waals surface area contributed by atoms with E-state index in [2.05, 4.69) is 20.5 Å². The van der Waals surface area contributed by atoms with Crippen molar-refractivity contribution in [3.63, 3.8) is 0 Å². The van der Waals surface area contributed by atoms with Gasteiger partial charge in [-0.1, -0.05) is 12.1 Å². The summed E-state index contributed by atoms with van der Waals surface area (Å²) < 4.78 is 1.54. The molecule has 0 radical (unpaired) electrons. The van der Waals surface area contributed by atoms with Gasteiger partial charge in [0.25, 0.3) is 5.91 Å². The lowest BCUT2D eigenvalue weighted by Crippen LogP contribution is -2.43. The minimum atomic E-state index is 0.0349. The largest absolute Gasteiger partial charge is 0.342 e. The van der Waals surface area contributed by atoms with Crippen molar-refractivity contribution < 1.29 is 9.59 Å². The molecule has 2 amide bonds. The van der Waals surface area contributed by atoms with Crippen LogP contribution < -0.4 is 0 Å². The topological polar surface area (TPSA) is 97.1 Å². The highest BCUT2D eigenvalue weighted by atomic mass is 16.2. The third-order valence-electron chi connectivity index (χ3n) is 6.77. The zero-order valence-electron chi connectivity index (χ0n) is 18.5. The van der Waals surface area contributed by atoms with Crippen molar-refractivity contribution >= 4 is 11.8 Å². The number of pyridine rings is 1. The van der Waals surface area contributed by atoms with Crippen molar-refractivity contribution in [3.8, 4) is 5.69 Å². The number of likely N-dealkylation sites (tertiary alicyclic amines) is 2. The van der Waals surface area contributed by atoms with Crippen LogP contribution in [0.4, 0.5) is 0 Å². The molecule has 2 atom stereocenters. The van der Waals surface area contributed by atoms with Gasteiger partial charge in [-0.25, -0.2) is 4.68 Å². The van der Waals surface area contributed by atoms with E-state index in [4.69, 9.17) is 0 Å². The Morgan fingerprint density at radius 3 is 2.70 bits per heavy atom. The molecule has 9 nitrogen and oxygen atoms in total. The van der Waals surface area contributed by atoms with Crippen molar-refractivity contribution in [1.29, 1.82) is 0 Å². The second-order valence-corrected chi connectivity index (χ2v) is 8.88. The number of carbonyl (C=O) groups excluding carboxylic acids is 2. The number of hydrogen-bond donors (Lipinski definition) is 0. The lowest BCUT2D eigenvalue weighted by molar-refractivity contribution is -0.132. The predicted octanol–water partition coefficient (Wildman–Crippen LogP) is 2.00. The third kappa shape index (κ3) is 4.76. The van der Waals surface area contributed by atoms with Crippen LogP contribution in [0, 0.1) is 11.8 Å². The Kier molecular flexibility index (Phi) is 6.10. The maximum atomic E-state index is 13.2. The summed E-state index contributed by atoms with van der Waals surface area (Å²) in [5.74, 6) is 1.05. The van der Waals surface area contributed by atoms with Gasteiger partial charge in [0, 0.05) is 44.1 Å². The Balaban J connectivity index is 1.20. The fourth-order valence-electron chi connectivity index (χ4n) is 5.01. The molecule has 9 heteroatoms. The molecular weight excluding hydrogens is 418 g/mol. The number of carbonyl (C=O) groups is 2. The van der Waals surface area contributed by atoms with E-state index in [0.29, 0.717) is 23.8 Å². The van der Waals surface area contributed by atoms with Crippen LogP contribution in [-0.2, 0) is 11.2 Å². The summed E-state index contributed by atoms with van der Waals surface area (Å²) in [6.45, 7) is 3.08. The van der Waals surface area contributed by atoms with Crippen LogP contribution in [0.1, 0.15) is 35.2 Å². The summed E-state index contributed by atoms with van der Waals surface area (Å²) >= 11 is 0.